The van der Waals surface area contributed by atoms with Gasteiger partial charge >= 0.3 is 0 Å². The second-order valence-corrected chi connectivity index (χ2v) is 7.18. The highest BCUT2D eigenvalue weighted by Crippen LogP contribution is 2.20. The minimum absolute atomic E-state index is 0.624. The van der Waals surface area contributed by atoms with Crippen molar-refractivity contribution in [2.24, 2.45) is 0 Å². The summed E-state index contributed by atoms with van der Waals surface area (Å²) in [5, 5.41) is 0. The normalized spacial score (nSPS) is 11.2. The van der Waals surface area contributed by atoms with Crippen molar-refractivity contribution in [1.82, 2.24) is 0 Å². The first kappa shape index (κ1) is 16.4. The minimum atomic E-state index is -3.23. The molecule has 118 valence electrons. The van der Waals surface area contributed by atoms with Gasteiger partial charge in [0.1, 0.15) is 5.75 Å². The first-order chi connectivity index (χ1) is 10.5. The van der Waals surface area contributed by atoms with Gasteiger partial charge in [-0.15, -0.1) is 0 Å². The molecule has 0 saturated carbocycles. The van der Waals surface area contributed by atoms with Crippen molar-refractivity contribution in [3.05, 3.63) is 60.2 Å². The van der Waals surface area contributed by atoms with Gasteiger partial charge in [-0.25, -0.2) is 8.42 Å². The molecule has 0 unspecified atom stereocenters. The molecule has 0 atom stereocenters. The second-order valence-electron chi connectivity index (χ2n) is 5.16. The Morgan fingerprint density at radius 1 is 1.00 bits per heavy atom. The summed E-state index contributed by atoms with van der Waals surface area (Å²) in [4.78, 5) is 0. The molecule has 0 aliphatic rings. The van der Waals surface area contributed by atoms with Crippen molar-refractivity contribution < 1.29 is 13.2 Å². The van der Waals surface area contributed by atoms with Gasteiger partial charge in [-0.1, -0.05) is 30.3 Å². The molecule has 2 rings (SSSR count). The van der Waals surface area contributed by atoms with Crippen molar-refractivity contribution >= 4 is 15.7 Å². The van der Waals surface area contributed by atoms with E-state index in [1.54, 1.807) is 24.3 Å². The topological polar surface area (TPSA) is 46.6 Å². The van der Waals surface area contributed by atoms with Gasteiger partial charge in [0.2, 0.25) is 10.0 Å². The van der Waals surface area contributed by atoms with Crippen LogP contribution >= 0.6 is 0 Å². The maximum absolute atomic E-state index is 11.5. The Hall–Kier alpha value is -2.01. The Bertz CT molecular complexity index is 682. The molecule has 0 amide bonds. The quantitative estimate of drug-likeness (QED) is 0.737. The van der Waals surface area contributed by atoms with E-state index >= 15 is 0 Å². The van der Waals surface area contributed by atoms with Crippen LogP contribution in [0, 0.1) is 0 Å². The van der Waals surface area contributed by atoms with E-state index in [2.05, 4.69) is 12.1 Å². The molecule has 0 aliphatic heterocycles. The molecule has 0 bridgehead atoms. The Morgan fingerprint density at radius 3 is 2.23 bits per heavy atom. The fourth-order valence-electron chi connectivity index (χ4n) is 2.05. The Morgan fingerprint density at radius 2 is 1.64 bits per heavy atom. The van der Waals surface area contributed by atoms with E-state index in [4.69, 9.17) is 4.74 Å². The van der Waals surface area contributed by atoms with Crippen LogP contribution in [-0.4, -0.2) is 28.3 Å². The van der Waals surface area contributed by atoms with Crippen molar-refractivity contribution in [1.29, 1.82) is 0 Å². The molecule has 0 radical (unpaired) electrons. The standard InChI is InChI=1S/C17H21NO3S/c1-18(22(2,19)20)16-10-12-17(13-11-16)21-14-6-9-15-7-4-3-5-8-15/h3-5,7-8,10-13H,6,9,14H2,1-2H3. The highest BCUT2D eigenvalue weighted by Gasteiger charge is 2.11. The maximum Gasteiger partial charge on any atom is 0.231 e. The summed E-state index contributed by atoms with van der Waals surface area (Å²) in [6.07, 6.45) is 3.10. The lowest BCUT2D eigenvalue weighted by Gasteiger charge is -2.16. The monoisotopic (exact) mass is 319 g/mol. The number of hydrogen-bond acceptors (Lipinski definition) is 3. The first-order valence-corrected chi connectivity index (χ1v) is 9.02. The van der Waals surface area contributed by atoms with E-state index < -0.39 is 10.0 Å². The zero-order chi connectivity index (χ0) is 16.0. The third kappa shape index (κ3) is 4.77. The summed E-state index contributed by atoms with van der Waals surface area (Å²) in [6, 6.07) is 17.4. The number of hydrogen-bond donors (Lipinski definition) is 0. The molecule has 0 spiro atoms. The van der Waals surface area contributed by atoms with Gasteiger partial charge in [0, 0.05) is 7.05 Å². The zero-order valence-electron chi connectivity index (χ0n) is 12.9. The predicted octanol–water partition coefficient (Wildman–Crippen LogP) is 3.09. The van der Waals surface area contributed by atoms with Crippen molar-refractivity contribution in [3.8, 4) is 5.75 Å². The smallest absolute Gasteiger partial charge is 0.231 e. The Labute approximate surface area is 132 Å². The molecule has 2 aromatic carbocycles. The zero-order valence-corrected chi connectivity index (χ0v) is 13.7. The minimum Gasteiger partial charge on any atom is -0.494 e. The van der Waals surface area contributed by atoms with Crippen molar-refractivity contribution in [2.45, 2.75) is 12.8 Å². The number of sulfonamides is 1. The van der Waals surface area contributed by atoms with Crippen molar-refractivity contribution in [2.75, 3.05) is 24.2 Å². The van der Waals surface area contributed by atoms with Crippen LogP contribution in [-0.2, 0) is 16.4 Å². The molecule has 0 aliphatic carbocycles. The first-order valence-electron chi connectivity index (χ1n) is 7.17. The summed E-state index contributed by atoms with van der Waals surface area (Å²) in [7, 11) is -1.69. The third-order valence-corrected chi connectivity index (χ3v) is 4.62. The number of nitrogens with zero attached hydrogens (tertiary/aromatic N) is 1. The molecule has 0 N–H and O–H groups in total. The molecule has 2 aromatic rings. The summed E-state index contributed by atoms with van der Waals surface area (Å²) >= 11 is 0. The molecule has 0 saturated heterocycles. The molecular weight excluding hydrogens is 298 g/mol. The number of rotatable bonds is 7. The SMILES string of the molecule is CN(c1ccc(OCCCc2ccccc2)cc1)S(C)(=O)=O. The fourth-order valence-corrected chi connectivity index (χ4v) is 2.56. The molecule has 0 fully saturated rings. The lowest BCUT2D eigenvalue weighted by Crippen LogP contribution is -2.24. The molecule has 0 heterocycles. The largest absolute Gasteiger partial charge is 0.494 e. The average Bonchev–Trinajstić information content (AvgIpc) is 2.52. The summed E-state index contributed by atoms with van der Waals surface area (Å²) in [5.74, 6) is 0.749. The van der Waals surface area contributed by atoms with Gasteiger partial charge in [0.15, 0.2) is 0 Å². The third-order valence-electron chi connectivity index (χ3n) is 3.42. The van der Waals surface area contributed by atoms with Crippen LogP contribution in [0.1, 0.15) is 12.0 Å². The van der Waals surface area contributed by atoms with Gasteiger partial charge in [0.05, 0.1) is 18.6 Å². The molecule has 4 nitrogen and oxygen atoms in total. The van der Waals surface area contributed by atoms with E-state index in [0.717, 1.165) is 18.6 Å². The Balaban J connectivity index is 1.82. The highest BCUT2D eigenvalue weighted by molar-refractivity contribution is 7.92. The summed E-state index contributed by atoms with van der Waals surface area (Å²) in [5.41, 5.74) is 1.93. The van der Waals surface area contributed by atoms with Crippen LogP contribution in [0.4, 0.5) is 5.69 Å². The van der Waals surface area contributed by atoms with Crippen molar-refractivity contribution in [3.63, 3.8) is 0 Å². The van der Waals surface area contributed by atoms with E-state index in [1.807, 2.05) is 18.2 Å². The number of benzene rings is 2. The number of anilines is 1. The number of ether oxygens (including phenoxy) is 1. The number of aryl methyl sites for hydroxylation is 1. The van der Waals surface area contributed by atoms with Crippen LogP contribution in [0.15, 0.2) is 54.6 Å². The molecule has 5 heteroatoms. The van der Waals surface area contributed by atoms with Crippen LogP contribution in [0.3, 0.4) is 0 Å². The fraction of sp³-hybridized carbons (Fsp3) is 0.294. The summed E-state index contributed by atoms with van der Waals surface area (Å²) < 4.78 is 29.8. The van der Waals surface area contributed by atoms with Crippen LogP contribution in [0.5, 0.6) is 5.75 Å². The van der Waals surface area contributed by atoms with E-state index in [0.29, 0.717) is 12.3 Å². The van der Waals surface area contributed by atoms with Gasteiger partial charge in [-0.2, -0.15) is 0 Å². The lowest BCUT2D eigenvalue weighted by atomic mass is 10.1. The predicted molar refractivity (Wildman–Crippen MR) is 89.9 cm³/mol. The Kier molecular flexibility index (Phi) is 5.44. The molecular formula is C17H21NO3S. The molecule has 0 aromatic heterocycles. The highest BCUT2D eigenvalue weighted by atomic mass is 32.2. The van der Waals surface area contributed by atoms with Crippen LogP contribution in [0.25, 0.3) is 0 Å². The summed E-state index contributed by atoms with van der Waals surface area (Å²) in [6.45, 7) is 0.635. The van der Waals surface area contributed by atoms with E-state index in [1.165, 1.54) is 23.2 Å². The van der Waals surface area contributed by atoms with Crippen LogP contribution < -0.4 is 9.04 Å². The maximum atomic E-state index is 11.5. The molecule has 22 heavy (non-hydrogen) atoms. The van der Waals surface area contributed by atoms with Gasteiger partial charge in [-0.05, 0) is 42.7 Å². The average molecular weight is 319 g/mol. The van der Waals surface area contributed by atoms with Crippen LogP contribution in [0.2, 0.25) is 0 Å². The lowest BCUT2D eigenvalue weighted by molar-refractivity contribution is 0.311. The van der Waals surface area contributed by atoms with E-state index in [9.17, 15) is 8.42 Å². The second kappa shape index (κ2) is 7.31. The van der Waals surface area contributed by atoms with Gasteiger partial charge < -0.3 is 4.74 Å². The van der Waals surface area contributed by atoms with Gasteiger partial charge in [0.25, 0.3) is 0 Å². The van der Waals surface area contributed by atoms with E-state index in [-0.39, 0.29) is 0 Å². The van der Waals surface area contributed by atoms with Gasteiger partial charge in [-0.3, -0.25) is 4.31 Å².